The highest BCUT2D eigenvalue weighted by atomic mass is 127. The van der Waals surface area contributed by atoms with E-state index in [1.165, 1.54) is 0 Å². The van der Waals surface area contributed by atoms with Crippen molar-refractivity contribution in [1.29, 1.82) is 0 Å². The van der Waals surface area contributed by atoms with Crippen LogP contribution >= 0.6 is 22.6 Å². The van der Waals surface area contributed by atoms with Gasteiger partial charge in [0, 0.05) is 28.3 Å². The molecule has 4 aromatic rings. The predicted molar refractivity (Wildman–Crippen MR) is 134 cm³/mol. The molecule has 1 atom stereocenters. The number of rotatable bonds is 7. The summed E-state index contributed by atoms with van der Waals surface area (Å²) in [4.78, 5) is 13.9. The first-order valence-corrected chi connectivity index (χ1v) is 11.1. The highest BCUT2D eigenvalue weighted by Gasteiger charge is 2.18. The standard InChI is InChI=1S/C22H25IN8/c1-13(24)11-27-22-29-20(26)19-21(30-22)31(12-14-5-3-2-4-6-14)18(28-19)10-15-9-16(23)7-8-17(15)25/h2-9,13H,10-12,24-25H2,1H3,(H3,26,27,29,30). The van der Waals surface area contributed by atoms with E-state index in [0.29, 0.717) is 42.4 Å². The first-order valence-electron chi connectivity index (χ1n) is 10.0. The zero-order valence-electron chi connectivity index (χ0n) is 17.2. The Morgan fingerprint density at radius 2 is 1.84 bits per heavy atom. The smallest absolute Gasteiger partial charge is 0.226 e. The van der Waals surface area contributed by atoms with Gasteiger partial charge in [-0.25, -0.2) is 4.98 Å². The summed E-state index contributed by atoms with van der Waals surface area (Å²) in [6, 6.07) is 16.2. The first-order chi connectivity index (χ1) is 14.9. The van der Waals surface area contributed by atoms with Gasteiger partial charge in [-0.15, -0.1) is 0 Å². The van der Waals surface area contributed by atoms with Gasteiger partial charge < -0.3 is 27.1 Å². The average molecular weight is 528 g/mol. The van der Waals surface area contributed by atoms with Gasteiger partial charge in [0.1, 0.15) is 5.82 Å². The van der Waals surface area contributed by atoms with Crippen molar-refractivity contribution in [2.45, 2.75) is 25.9 Å². The fourth-order valence-electron chi connectivity index (χ4n) is 3.36. The summed E-state index contributed by atoms with van der Waals surface area (Å²) in [5.41, 5.74) is 22.5. The third kappa shape index (κ3) is 4.88. The molecule has 0 aliphatic rings. The highest BCUT2D eigenvalue weighted by molar-refractivity contribution is 14.1. The number of anilines is 3. The SMILES string of the molecule is CC(N)CNc1nc(N)c2nc(Cc3cc(I)ccc3N)n(Cc3ccccc3)c2n1. The van der Waals surface area contributed by atoms with E-state index in [-0.39, 0.29) is 6.04 Å². The summed E-state index contributed by atoms with van der Waals surface area (Å²) >= 11 is 2.29. The van der Waals surface area contributed by atoms with E-state index in [4.69, 9.17) is 27.2 Å². The van der Waals surface area contributed by atoms with Crippen LogP contribution in [0.25, 0.3) is 11.2 Å². The van der Waals surface area contributed by atoms with Crippen LogP contribution in [-0.2, 0) is 13.0 Å². The summed E-state index contributed by atoms with van der Waals surface area (Å²) in [5.74, 6) is 1.61. The minimum absolute atomic E-state index is 0.0335. The lowest BCUT2D eigenvalue weighted by Crippen LogP contribution is -2.26. The molecule has 2 aromatic carbocycles. The second-order valence-electron chi connectivity index (χ2n) is 7.58. The summed E-state index contributed by atoms with van der Waals surface area (Å²) in [7, 11) is 0. The van der Waals surface area contributed by atoms with Gasteiger partial charge in [-0.3, -0.25) is 0 Å². The first kappa shape index (κ1) is 21.3. The maximum absolute atomic E-state index is 6.26. The Morgan fingerprint density at radius 3 is 2.58 bits per heavy atom. The zero-order valence-corrected chi connectivity index (χ0v) is 19.4. The van der Waals surface area contributed by atoms with Gasteiger partial charge in [0.05, 0.1) is 6.54 Å². The monoisotopic (exact) mass is 528 g/mol. The van der Waals surface area contributed by atoms with Gasteiger partial charge in [0.2, 0.25) is 5.95 Å². The topological polar surface area (TPSA) is 134 Å². The molecular weight excluding hydrogens is 503 g/mol. The summed E-state index contributed by atoms with van der Waals surface area (Å²) in [6.07, 6.45) is 0.563. The van der Waals surface area contributed by atoms with Crippen molar-refractivity contribution in [1.82, 2.24) is 19.5 Å². The molecule has 9 heteroatoms. The fraction of sp³-hybridized carbons (Fsp3) is 0.227. The van der Waals surface area contributed by atoms with Crippen molar-refractivity contribution in [3.05, 3.63) is 69.1 Å². The Hall–Kier alpha value is -2.92. The van der Waals surface area contributed by atoms with Crippen LogP contribution in [0.1, 0.15) is 23.9 Å². The number of nitrogen functional groups attached to an aromatic ring is 2. The summed E-state index contributed by atoms with van der Waals surface area (Å²) in [5, 5.41) is 3.15. The van der Waals surface area contributed by atoms with Crippen molar-refractivity contribution in [3.63, 3.8) is 0 Å². The molecule has 0 saturated carbocycles. The second-order valence-corrected chi connectivity index (χ2v) is 8.83. The molecule has 8 nitrogen and oxygen atoms in total. The van der Waals surface area contributed by atoms with E-state index >= 15 is 0 Å². The number of aromatic nitrogens is 4. The second kappa shape index (κ2) is 9.06. The number of hydrogen-bond acceptors (Lipinski definition) is 7. The molecule has 7 N–H and O–H groups in total. The molecule has 2 aromatic heterocycles. The van der Waals surface area contributed by atoms with Gasteiger partial charge in [-0.1, -0.05) is 30.3 Å². The number of nitrogens with zero attached hydrogens (tertiary/aromatic N) is 4. The Bertz CT molecular complexity index is 1200. The molecule has 160 valence electrons. The lowest BCUT2D eigenvalue weighted by Gasteiger charge is -2.12. The van der Waals surface area contributed by atoms with E-state index < -0.39 is 0 Å². The molecule has 0 radical (unpaired) electrons. The van der Waals surface area contributed by atoms with Gasteiger partial charge >= 0.3 is 0 Å². The van der Waals surface area contributed by atoms with Crippen LogP contribution in [0, 0.1) is 3.57 Å². The lowest BCUT2D eigenvalue weighted by atomic mass is 10.1. The van der Waals surface area contributed by atoms with Crippen LogP contribution in [0.15, 0.2) is 48.5 Å². The van der Waals surface area contributed by atoms with E-state index in [9.17, 15) is 0 Å². The molecule has 2 heterocycles. The molecule has 0 aliphatic carbocycles. The van der Waals surface area contributed by atoms with E-state index in [1.807, 2.05) is 37.3 Å². The zero-order chi connectivity index (χ0) is 22.0. The van der Waals surface area contributed by atoms with Crippen LogP contribution < -0.4 is 22.5 Å². The number of nitrogens with one attached hydrogen (secondary N) is 1. The van der Waals surface area contributed by atoms with Crippen molar-refractivity contribution in [2.75, 3.05) is 23.3 Å². The molecule has 1 unspecified atom stereocenters. The molecule has 0 aliphatic heterocycles. The number of halogens is 1. The molecule has 31 heavy (non-hydrogen) atoms. The van der Waals surface area contributed by atoms with Gasteiger partial charge in [-0.05, 0) is 58.8 Å². The number of imidazole rings is 1. The van der Waals surface area contributed by atoms with Crippen molar-refractivity contribution in [3.8, 4) is 0 Å². The minimum Gasteiger partial charge on any atom is -0.398 e. The normalized spacial score (nSPS) is 12.2. The van der Waals surface area contributed by atoms with Crippen molar-refractivity contribution in [2.24, 2.45) is 5.73 Å². The lowest BCUT2D eigenvalue weighted by molar-refractivity contribution is 0.752. The van der Waals surface area contributed by atoms with E-state index in [2.05, 4.69) is 55.7 Å². The molecule has 0 fully saturated rings. The Kier molecular flexibility index (Phi) is 6.23. The van der Waals surface area contributed by atoms with E-state index in [0.717, 1.165) is 26.2 Å². The number of fused-ring (bicyclic) bond motifs is 1. The largest absolute Gasteiger partial charge is 0.398 e. The third-order valence-corrected chi connectivity index (χ3v) is 5.59. The molecule has 0 amide bonds. The summed E-state index contributed by atoms with van der Waals surface area (Å²) < 4.78 is 3.20. The maximum atomic E-state index is 6.26. The van der Waals surface area contributed by atoms with Gasteiger partial charge in [0.25, 0.3) is 0 Å². The van der Waals surface area contributed by atoms with Crippen LogP contribution in [-0.4, -0.2) is 32.1 Å². The number of nitrogens with two attached hydrogens (primary N) is 3. The Labute approximate surface area is 194 Å². The minimum atomic E-state index is -0.0335. The van der Waals surface area contributed by atoms with Crippen LogP contribution in [0.4, 0.5) is 17.5 Å². The molecular formula is C22H25IN8. The average Bonchev–Trinajstić information content (AvgIpc) is 3.08. The van der Waals surface area contributed by atoms with Crippen LogP contribution in [0.3, 0.4) is 0 Å². The van der Waals surface area contributed by atoms with E-state index in [1.54, 1.807) is 0 Å². The maximum Gasteiger partial charge on any atom is 0.226 e. The Morgan fingerprint density at radius 1 is 1.06 bits per heavy atom. The van der Waals surface area contributed by atoms with Crippen molar-refractivity contribution < 1.29 is 0 Å². The number of hydrogen-bond donors (Lipinski definition) is 4. The quantitative estimate of drug-likeness (QED) is 0.214. The number of benzene rings is 2. The van der Waals surface area contributed by atoms with Gasteiger partial charge in [-0.2, -0.15) is 9.97 Å². The third-order valence-electron chi connectivity index (χ3n) is 4.92. The molecule has 0 saturated heterocycles. The molecule has 4 rings (SSSR count). The van der Waals surface area contributed by atoms with Crippen LogP contribution in [0.2, 0.25) is 0 Å². The molecule has 0 bridgehead atoms. The van der Waals surface area contributed by atoms with Crippen molar-refractivity contribution >= 4 is 51.2 Å². The van der Waals surface area contributed by atoms with Gasteiger partial charge in [0.15, 0.2) is 17.0 Å². The van der Waals surface area contributed by atoms with Crippen LogP contribution in [0.5, 0.6) is 0 Å². The predicted octanol–water partition coefficient (Wildman–Crippen LogP) is 2.99. The fourth-order valence-corrected chi connectivity index (χ4v) is 3.92. The Balaban J connectivity index is 1.82. The summed E-state index contributed by atoms with van der Waals surface area (Å²) in [6.45, 7) is 3.07. The highest BCUT2D eigenvalue weighted by Crippen LogP contribution is 2.25. The molecule has 0 spiro atoms.